The lowest BCUT2D eigenvalue weighted by Gasteiger charge is -2.40. The van der Waals surface area contributed by atoms with E-state index in [1.807, 2.05) is 44.4 Å². The average molecular weight is 560 g/mol. The third-order valence-corrected chi connectivity index (χ3v) is 7.81. The first kappa shape index (κ1) is 27.2. The summed E-state index contributed by atoms with van der Waals surface area (Å²) >= 11 is 1.31. The molecule has 0 spiro atoms. The van der Waals surface area contributed by atoms with Crippen molar-refractivity contribution in [3.63, 3.8) is 0 Å². The summed E-state index contributed by atoms with van der Waals surface area (Å²) in [5.41, 5.74) is 4.69. The van der Waals surface area contributed by atoms with Crippen LogP contribution in [0.5, 0.6) is 11.5 Å². The van der Waals surface area contributed by atoms with E-state index in [4.69, 9.17) is 9.47 Å². The summed E-state index contributed by atoms with van der Waals surface area (Å²) < 4.78 is 25.4. The standard InChI is InChI=1S/C31H30FN3O4S/c1-18-8-9-19(32)15-25(18)33-17-23-21(12-13-24-28(23)35(4)30(37)31(2,3)34-24)22-11-10-20(16-26(22)38-5)39-29(36)27-7-6-14-40-27/h6-16,33-34H,17H2,1-5H3. The van der Waals surface area contributed by atoms with Crippen LogP contribution in [0.15, 0.2) is 66.0 Å². The van der Waals surface area contributed by atoms with Gasteiger partial charge in [0, 0.05) is 36.5 Å². The van der Waals surface area contributed by atoms with E-state index in [-0.39, 0.29) is 11.7 Å². The first-order valence-corrected chi connectivity index (χ1v) is 13.6. The predicted octanol–water partition coefficient (Wildman–Crippen LogP) is 6.87. The van der Waals surface area contributed by atoms with Gasteiger partial charge in [0.1, 0.15) is 27.7 Å². The number of likely N-dealkylation sites (N-methyl/N-ethyl adjacent to an activating group) is 1. The summed E-state index contributed by atoms with van der Waals surface area (Å²) in [6.45, 7) is 5.90. The maximum Gasteiger partial charge on any atom is 0.353 e. The number of amides is 1. The fraction of sp³-hybridized carbons (Fsp3) is 0.226. The molecule has 0 saturated carbocycles. The maximum absolute atomic E-state index is 14.1. The first-order chi connectivity index (χ1) is 19.1. The third kappa shape index (κ3) is 5.12. The van der Waals surface area contributed by atoms with Crippen LogP contribution in [-0.2, 0) is 11.3 Å². The van der Waals surface area contributed by atoms with Gasteiger partial charge in [-0.2, -0.15) is 0 Å². The summed E-state index contributed by atoms with van der Waals surface area (Å²) in [6, 6.07) is 17.2. The number of halogens is 1. The van der Waals surface area contributed by atoms with Crippen molar-refractivity contribution >= 4 is 40.3 Å². The lowest BCUT2D eigenvalue weighted by Crippen LogP contribution is -2.52. The van der Waals surface area contributed by atoms with Gasteiger partial charge in [-0.1, -0.05) is 18.2 Å². The minimum absolute atomic E-state index is 0.0804. The van der Waals surface area contributed by atoms with Gasteiger partial charge < -0.3 is 25.0 Å². The number of nitrogens with zero attached hydrogens (tertiary/aromatic N) is 1. The lowest BCUT2D eigenvalue weighted by molar-refractivity contribution is -0.121. The number of esters is 1. The highest BCUT2D eigenvalue weighted by molar-refractivity contribution is 7.12. The van der Waals surface area contributed by atoms with Gasteiger partial charge in [-0.25, -0.2) is 9.18 Å². The number of thiophene rings is 1. The van der Waals surface area contributed by atoms with Gasteiger partial charge in [0.25, 0.3) is 5.91 Å². The maximum atomic E-state index is 14.1. The molecule has 0 atom stereocenters. The number of methoxy groups -OCH3 is 1. The van der Waals surface area contributed by atoms with E-state index in [1.54, 1.807) is 49.4 Å². The first-order valence-electron chi connectivity index (χ1n) is 12.8. The molecule has 1 aliphatic heterocycles. The molecule has 4 aromatic rings. The largest absolute Gasteiger partial charge is 0.496 e. The molecular formula is C31H30FN3O4S. The van der Waals surface area contributed by atoms with E-state index < -0.39 is 11.5 Å². The number of hydrogen-bond acceptors (Lipinski definition) is 7. The lowest BCUT2D eigenvalue weighted by atomic mass is 9.91. The summed E-state index contributed by atoms with van der Waals surface area (Å²) in [5.74, 6) is -0.0141. The molecule has 2 N–H and O–H groups in total. The van der Waals surface area contributed by atoms with E-state index in [0.717, 1.165) is 33.6 Å². The number of ether oxygens (including phenoxy) is 2. The van der Waals surface area contributed by atoms with E-state index in [2.05, 4.69) is 10.6 Å². The zero-order chi connectivity index (χ0) is 28.6. The molecule has 0 unspecified atom stereocenters. The van der Waals surface area contributed by atoms with E-state index in [9.17, 15) is 14.0 Å². The number of nitrogens with one attached hydrogen (secondary N) is 2. The zero-order valence-electron chi connectivity index (χ0n) is 22.9. The van der Waals surface area contributed by atoms with Crippen LogP contribution in [0.4, 0.5) is 21.5 Å². The van der Waals surface area contributed by atoms with Crippen molar-refractivity contribution < 1.29 is 23.5 Å². The fourth-order valence-electron chi connectivity index (χ4n) is 4.94. The Bertz CT molecular complexity index is 1600. The van der Waals surface area contributed by atoms with Crippen molar-refractivity contribution in [2.24, 2.45) is 0 Å². The van der Waals surface area contributed by atoms with Crippen LogP contribution >= 0.6 is 11.3 Å². The van der Waals surface area contributed by atoms with Gasteiger partial charge in [0.2, 0.25) is 0 Å². The van der Waals surface area contributed by atoms with Gasteiger partial charge in [0.05, 0.1) is 18.5 Å². The fourth-order valence-corrected chi connectivity index (χ4v) is 5.54. The van der Waals surface area contributed by atoms with Crippen LogP contribution in [0.3, 0.4) is 0 Å². The zero-order valence-corrected chi connectivity index (χ0v) is 23.7. The highest BCUT2D eigenvalue weighted by Crippen LogP contribution is 2.45. The van der Waals surface area contributed by atoms with E-state index in [0.29, 0.717) is 28.6 Å². The smallest absolute Gasteiger partial charge is 0.353 e. The summed E-state index contributed by atoms with van der Waals surface area (Å²) in [7, 11) is 3.31. The van der Waals surface area contributed by atoms with Crippen LogP contribution in [0.2, 0.25) is 0 Å². The molecule has 0 bridgehead atoms. The normalized spacial score (nSPS) is 13.8. The molecular weight excluding hydrogens is 529 g/mol. The topological polar surface area (TPSA) is 79.9 Å². The summed E-state index contributed by atoms with van der Waals surface area (Å²) in [4.78, 5) is 27.9. The molecule has 0 fully saturated rings. The number of hydrogen-bond donors (Lipinski definition) is 2. The number of fused-ring (bicyclic) bond motifs is 1. The monoisotopic (exact) mass is 559 g/mol. The van der Waals surface area contributed by atoms with E-state index >= 15 is 0 Å². The van der Waals surface area contributed by atoms with Crippen LogP contribution in [0.25, 0.3) is 11.1 Å². The Morgan fingerprint density at radius 1 is 1.10 bits per heavy atom. The van der Waals surface area contributed by atoms with Crippen LogP contribution in [0.1, 0.15) is 34.6 Å². The van der Waals surface area contributed by atoms with Crippen molar-refractivity contribution in [1.82, 2.24) is 0 Å². The van der Waals surface area contributed by atoms with Crippen molar-refractivity contribution in [2.45, 2.75) is 32.9 Å². The quantitative estimate of drug-likeness (QED) is 0.190. The molecule has 206 valence electrons. The van der Waals surface area contributed by atoms with Gasteiger partial charge in [0.15, 0.2) is 0 Å². The summed E-state index contributed by atoms with van der Waals surface area (Å²) in [6.07, 6.45) is 0. The Morgan fingerprint density at radius 2 is 1.88 bits per heavy atom. The van der Waals surface area contributed by atoms with Gasteiger partial charge >= 0.3 is 5.97 Å². The molecule has 9 heteroatoms. The number of carbonyl (C=O) groups is 2. The second-order valence-corrected chi connectivity index (χ2v) is 11.1. The SMILES string of the molecule is COc1cc(OC(=O)c2cccs2)ccc1-c1ccc2c(c1CNc1cc(F)ccc1C)N(C)C(=O)C(C)(C)N2. The predicted molar refractivity (Wildman–Crippen MR) is 157 cm³/mol. The van der Waals surface area contributed by atoms with Gasteiger partial charge in [-0.15, -0.1) is 11.3 Å². The highest BCUT2D eigenvalue weighted by atomic mass is 32.1. The number of aryl methyl sites for hydroxylation is 1. The molecule has 7 nitrogen and oxygen atoms in total. The molecule has 0 saturated heterocycles. The molecule has 1 amide bonds. The summed E-state index contributed by atoms with van der Waals surface area (Å²) in [5, 5.41) is 8.54. The Labute approximate surface area is 236 Å². The second kappa shape index (κ2) is 10.7. The second-order valence-electron chi connectivity index (χ2n) is 10.1. The Morgan fingerprint density at radius 3 is 2.60 bits per heavy atom. The van der Waals surface area contributed by atoms with Crippen molar-refractivity contribution in [3.05, 3.63) is 87.9 Å². The van der Waals surface area contributed by atoms with Crippen molar-refractivity contribution in [2.75, 3.05) is 29.7 Å². The number of carbonyl (C=O) groups excluding carboxylic acids is 2. The molecule has 40 heavy (non-hydrogen) atoms. The third-order valence-electron chi connectivity index (χ3n) is 6.96. The molecule has 0 aliphatic carbocycles. The minimum atomic E-state index is -0.779. The molecule has 0 radical (unpaired) electrons. The molecule has 2 heterocycles. The van der Waals surface area contributed by atoms with Crippen LogP contribution in [0, 0.1) is 12.7 Å². The number of anilines is 3. The van der Waals surface area contributed by atoms with Crippen LogP contribution < -0.4 is 25.0 Å². The van der Waals surface area contributed by atoms with Crippen molar-refractivity contribution in [3.8, 4) is 22.6 Å². The molecule has 3 aromatic carbocycles. The highest BCUT2D eigenvalue weighted by Gasteiger charge is 2.38. The molecule has 5 rings (SSSR count). The minimum Gasteiger partial charge on any atom is -0.496 e. The Kier molecular flexibility index (Phi) is 7.25. The Balaban J connectivity index is 1.59. The van der Waals surface area contributed by atoms with Crippen LogP contribution in [-0.4, -0.2) is 31.6 Å². The molecule has 1 aromatic heterocycles. The number of rotatable bonds is 7. The Hall–Kier alpha value is -4.37. The average Bonchev–Trinajstić information content (AvgIpc) is 3.47. The van der Waals surface area contributed by atoms with Gasteiger partial charge in [-0.3, -0.25) is 4.79 Å². The van der Waals surface area contributed by atoms with Crippen molar-refractivity contribution in [1.29, 1.82) is 0 Å². The number of benzene rings is 3. The van der Waals surface area contributed by atoms with E-state index in [1.165, 1.54) is 23.5 Å². The molecule has 1 aliphatic rings. The van der Waals surface area contributed by atoms with Gasteiger partial charge in [-0.05, 0) is 73.7 Å².